The summed E-state index contributed by atoms with van der Waals surface area (Å²) in [5.41, 5.74) is 8.41. The third kappa shape index (κ3) is 3.93. The number of nitrogens with one attached hydrogen (secondary N) is 1. The Kier molecular flexibility index (Phi) is 5.11. The maximum atomic E-state index is 8.81. The number of nitrogens with two attached hydrogens (primary N) is 1. The zero-order valence-electron chi connectivity index (χ0n) is 11.8. The van der Waals surface area contributed by atoms with Gasteiger partial charge in [0.15, 0.2) is 5.84 Å². The molecular weight excluding hydrogens is 268 g/mol. The first-order chi connectivity index (χ1) is 10.2. The molecule has 4 N–H and O–H groups in total. The van der Waals surface area contributed by atoms with E-state index in [4.69, 9.17) is 15.7 Å². The van der Waals surface area contributed by atoms with Crippen LogP contribution < -0.4 is 15.8 Å². The summed E-state index contributed by atoms with van der Waals surface area (Å²) in [5.74, 6) is 0.603. The van der Waals surface area contributed by atoms with E-state index < -0.39 is 0 Å². The van der Waals surface area contributed by atoms with Crippen molar-refractivity contribution in [3.63, 3.8) is 0 Å². The Balaban J connectivity index is 2.04. The Morgan fingerprint density at radius 2 is 1.95 bits per heavy atom. The smallest absolute Gasteiger partial charge is 0.173 e. The molecule has 1 heterocycles. The highest BCUT2D eigenvalue weighted by Gasteiger charge is 2.08. The van der Waals surface area contributed by atoms with Gasteiger partial charge in [-0.25, -0.2) is 0 Å². The number of nitrogens with zero attached hydrogens (tertiary/aromatic N) is 2. The maximum Gasteiger partial charge on any atom is 0.173 e. The fraction of sp³-hybridized carbons (Fsp3) is 0.200. The van der Waals surface area contributed by atoms with Crippen LogP contribution in [0.1, 0.15) is 16.7 Å². The van der Waals surface area contributed by atoms with Crippen LogP contribution in [0.15, 0.2) is 47.9 Å². The average molecular weight is 286 g/mol. The molecule has 0 aliphatic heterocycles. The third-order valence-electron chi connectivity index (χ3n) is 3.06. The van der Waals surface area contributed by atoms with E-state index in [1.54, 1.807) is 25.6 Å². The molecule has 110 valence electrons. The predicted molar refractivity (Wildman–Crippen MR) is 80.3 cm³/mol. The minimum absolute atomic E-state index is 0.0304. The van der Waals surface area contributed by atoms with Gasteiger partial charge in [-0.05, 0) is 35.4 Å². The van der Waals surface area contributed by atoms with E-state index >= 15 is 0 Å². The van der Waals surface area contributed by atoms with Crippen LogP contribution in [0.3, 0.4) is 0 Å². The number of rotatable bonds is 6. The first kappa shape index (κ1) is 14.8. The molecule has 6 heteroatoms. The summed E-state index contributed by atoms with van der Waals surface area (Å²) in [6, 6.07) is 9.50. The Labute approximate surface area is 123 Å². The van der Waals surface area contributed by atoms with Crippen LogP contribution in [-0.4, -0.2) is 23.1 Å². The quantitative estimate of drug-likeness (QED) is 0.324. The topological polar surface area (TPSA) is 92.8 Å². The van der Waals surface area contributed by atoms with Crippen LogP contribution in [0.2, 0.25) is 0 Å². The second-order valence-corrected chi connectivity index (χ2v) is 4.48. The van der Waals surface area contributed by atoms with Gasteiger partial charge in [-0.15, -0.1) is 0 Å². The van der Waals surface area contributed by atoms with E-state index in [1.807, 2.05) is 24.3 Å². The van der Waals surface area contributed by atoms with Gasteiger partial charge in [-0.3, -0.25) is 4.98 Å². The number of amidine groups is 1. The molecule has 0 spiro atoms. The van der Waals surface area contributed by atoms with Crippen LogP contribution in [0.5, 0.6) is 5.75 Å². The van der Waals surface area contributed by atoms with Gasteiger partial charge >= 0.3 is 0 Å². The molecule has 0 amide bonds. The Morgan fingerprint density at radius 1 is 1.24 bits per heavy atom. The number of benzene rings is 1. The predicted octanol–water partition coefficient (Wildman–Crippen LogP) is 1.47. The molecule has 0 bridgehead atoms. The van der Waals surface area contributed by atoms with Crippen molar-refractivity contribution in [3.8, 4) is 5.75 Å². The lowest BCUT2D eigenvalue weighted by Gasteiger charge is -2.10. The zero-order valence-corrected chi connectivity index (χ0v) is 11.8. The zero-order chi connectivity index (χ0) is 15.1. The average Bonchev–Trinajstić information content (AvgIpc) is 2.55. The Bertz CT molecular complexity index is 614. The molecule has 6 nitrogen and oxygen atoms in total. The Hall–Kier alpha value is -2.60. The highest BCUT2D eigenvalue weighted by Crippen LogP contribution is 2.19. The first-order valence-electron chi connectivity index (χ1n) is 6.49. The first-order valence-corrected chi connectivity index (χ1v) is 6.49. The van der Waals surface area contributed by atoms with Gasteiger partial charge in [0.05, 0.1) is 12.7 Å². The van der Waals surface area contributed by atoms with Crippen LogP contribution in [0.25, 0.3) is 0 Å². The number of hydrogen-bond donors (Lipinski definition) is 3. The molecule has 21 heavy (non-hydrogen) atoms. The lowest BCUT2D eigenvalue weighted by atomic mass is 10.1. The van der Waals surface area contributed by atoms with E-state index in [1.165, 1.54) is 0 Å². The molecule has 1 aromatic carbocycles. The van der Waals surface area contributed by atoms with Crippen molar-refractivity contribution in [2.45, 2.75) is 13.1 Å². The van der Waals surface area contributed by atoms with Gasteiger partial charge in [0.25, 0.3) is 0 Å². The highest BCUT2D eigenvalue weighted by molar-refractivity contribution is 5.99. The van der Waals surface area contributed by atoms with Crippen molar-refractivity contribution >= 4 is 5.84 Å². The SMILES string of the molecule is COc1ccc(CNCc2ccncc2)cc1C(N)=NO. The minimum Gasteiger partial charge on any atom is -0.496 e. The molecule has 0 fully saturated rings. The fourth-order valence-corrected chi connectivity index (χ4v) is 1.97. The minimum atomic E-state index is 0.0304. The van der Waals surface area contributed by atoms with E-state index in [0.717, 1.165) is 17.7 Å². The molecular formula is C15H18N4O2. The Morgan fingerprint density at radius 3 is 2.62 bits per heavy atom. The van der Waals surface area contributed by atoms with E-state index in [9.17, 15) is 0 Å². The lowest BCUT2D eigenvalue weighted by Crippen LogP contribution is -2.17. The van der Waals surface area contributed by atoms with Crippen molar-refractivity contribution in [2.75, 3.05) is 7.11 Å². The monoisotopic (exact) mass is 286 g/mol. The molecule has 0 saturated heterocycles. The summed E-state index contributed by atoms with van der Waals surface area (Å²) in [6.45, 7) is 1.41. The van der Waals surface area contributed by atoms with Gasteiger partial charge in [0, 0.05) is 25.5 Å². The standard InChI is InChI=1S/C15H18N4O2/c1-21-14-3-2-12(8-13(14)15(16)19-20)10-18-9-11-4-6-17-7-5-11/h2-8,18,20H,9-10H2,1H3,(H2,16,19). The van der Waals surface area contributed by atoms with E-state index in [2.05, 4.69) is 15.5 Å². The summed E-state index contributed by atoms with van der Waals surface area (Å²) < 4.78 is 5.20. The second kappa shape index (κ2) is 7.25. The van der Waals surface area contributed by atoms with Crippen molar-refractivity contribution in [1.29, 1.82) is 0 Å². The molecule has 0 atom stereocenters. The summed E-state index contributed by atoms with van der Waals surface area (Å²) >= 11 is 0. The second-order valence-electron chi connectivity index (χ2n) is 4.48. The van der Waals surface area contributed by atoms with Crippen LogP contribution in [0.4, 0.5) is 0 Å². The largest absolute Gasteiger partial charge is 0.496 e. The lowest BCUT2D eigenvalue weighted by molar-refractivity contribution is 0.318. The molecule has 0 saturated carbocycles. The fourth-order valence-electron chi connectivity index (χ4n) is 1.97. The summed E-state index contributed by atoms with van der Waals surface area (Å²) in [5, 5.41) is 15.2. The third-order valence-corrected chi connectivity index (χ3v) is 3.06. The number of hydrogen-bond acceptors (Lipinski definition) is 5. The molecule has 0 radical (unpaired) electrons. The van der Waals surface area contributed by atoms with Crippen molar-refractivity contribution in [2.24, 2.45) is 10.9 Å². The summed E-state index contributed by atoms with van der Waals surface area (Å²) in [4.78, 5) is 3.98. The summed E-state index contributed by atoms with van der Waals surface area (Å²) in [6.07, 6.45) is 3.53. The normalized spacial score (nSPS) is 11.4. The molecule has 2 rings (SSSR count). The van der Waals surface area contributed by atoms with Crippen molar-refractivity contribution in [1.82, 2.24) is 10.3 Å². The molecule has 1 aromatic heterocycles. The van der Waals surface area contributed by atoms with Gasteiger partial charge in [0.2, 0.25) is 0 Å². The van der Waals surface area contributed by atoms with Crippen LogP contribution >= 0.6 is 0 Å². The number of ether oxygens (including phenoxy) is 1. The highest BCUT2D eigenvalue weighted by atomic mass is 16.5. The van der Waals surface area contributed by atoms with Gasteiger partial charge in [0.1, 0.15) is 5.75 Å². The molecule has 0 aliphatic rings. The van der Waals surface area contributed by atoms with Crippen LogP contribution in [0, 0.1) is 0 Å². The maximum absolute atomic E-state index is 8.81. The van der Waals surface area contributed by atoms with Gasteiger partial charge in [-0.1, -0.05) is 11.2 Å². The van der Waals surface area contributed by atoms with E-state index in [-0.39, 0.29) is 5.84 Å². The van der Waals surface area contributed by atoms with Gasteiger partial charge in [-0.2, -0.15) is 0 Å². The van der Waals surface area contributed by atoms with E-state index in [0.29, 0.717) is 17.9 Å². The molecule has 0 aliphatic carbocycles. The number of methoxy groups -OCH3 is 1. The summed E-state index contributed by atoms with van der Waals surface area (Å²) in [7, 11) is 1.55. The van der Waals surface area contributed by atoms with Crippen molar-refractivity contribution < 1.29 is 9.94 Å². The molecule has 2 aromatic rings. The van der Waals surface area contributed by atoms with Crippen LogP contribution in [-0.2, 0) is 13.1 Å². The molecule has 0 unspecified atom stereocenters. The van der Waals surface area contributed by atoms with Crippen molar-refractivity contribution in [3.05, 3.63) is 59.4 Å². The number of oxime groups is 1. The number of pyridine rings is 1. The van der Waals surface area contributed by atoms with Gasteiger partial charge < -0.3 is 21.0 Å². The number of aromatic nitrogens is 1.